The summed E-state index contributed by atoms with van der Waals surface area (Å²) < 4.78 is 32.5. The molecule has 0 bridgehead atoms. The second-order valence-corrected chi connectivity index (χ2v) is 11.9. The SMILES string of the molecule is COC(=O)C(OC(C)(C)C)c1c(C)nc2cc(-c3cccc(-c4ccc(F)cc4O)c3)nn2c1-c1ccc2c(c1)C(=O)CCO2. The summed E-state index contributed by atoms with van der Waals surface area (Å²) in [5.74, 6) is -0.860. The summed E-state index contributed by atoms with van der Waals surface area (Å²) in [5, 5.41) is 15.3. The number of ether oxygens (including phenoxy) is 3. The Hall–Kier alpha value is -5.09. The van der Waals surface area contributed by atoms with Crippen LogP contribution in [0, 0.1) is 12.7 Å². The van der Waals surface area contributed by atoms with Gasteiger partial charge in [0.05, 0.1) is 36.3 Å². The van der Waals surface area contributed by atoms with E-state index in [0.717, 1.165) is 11.6 Å². The standard InChI is InChI=1S/C35H32FN3O6/c1-19-31(33(34(42)43-5)45-35(2,3)4)32(22-9-12-29-25(16-22)27(40)13-14-44-29)39-30(37-19)18-26(38-39)21-8-6-7-20(15-21)24-11-10-23(36)17-28(24)41/h6-12,15-18,33,41H,13-14H2,1-5H3. The maximum absolute atomic E-state index is 13.7. The molecule has 0 saturated heterocycles. The Morgan fingerprint density at radius 2 is 1.80 bits per heavy atom. The molecule has 45 heavy (non-hydrogen) atoms. The van der Waals surface area contributed by atoms with Gasteiger partial charge in [-0.25, -0.2) is 18.7 Å². The Balaban J connectivity index is 1.59. The molecule has 0 aliphatic carbocycles. The minimum absolute atomic E-state index is 0.0425. The first-order valence-electron chi connectivity index (χ1n) is 14.5. The number of aryl methyl sites for hydroxylation is 1. The number of hydrogen-bond donors (Lipinski definition) is 1. The van der Waals surface area contributed by atoms with Crippen molar-refractivity contribution < 1.29 is 33.3 Å². The molecule has 1 aliphatic heterocycles. The number of methoxy groups -OCH3 is 1. The highest BCUT2D eigenvalue weighted by molar-refractivity contribution is 6.01. The zero-order valence-corrected chi connectivity index (χ0v) is 25.6. The fraction of sp³-hybridized carbons (Fsp3) is 0.257. The van der Waals surface area contributed by atoms with Gasteiger partial charge in [-0.3, -0.25) is 4.79 Å². The summed E-state index contributed by atoms with van der Waals surface area (Å²) in [6.07, 6.45) is -0.889. The summed E-state index contributed by atoms with van der Waals surface area (Å²) >= 11 is 0. The highest BCUT2D eigenvalue weighted by Gasteiger charge is 2.34. The van der Waals surface area contributed by atoms with Crippen molar-refractivity contribution in [1.29, 1.82) is 0 Å². The lowest BCUT2D eigenvalue weighted by molar-refractivity contribution is -0.164. The van der Waals surface area contributed by atoms with E-state index in [0.29, 0.717) is 62.9 Å². The third kappa shape index (κ3) is 5.76. The number of carbonyl (C=O) groups is 2. The molecule has 0 saturated carbocycles. The molecular weight excluding hydrogens is 577 g/mol. The van der Waals surface area contributed by atoms with Gasteiger partial charge in [-0.1, -0.05) is 18.2 Å². The Kier molecular flexibility index (Phi) is 7.62. The number of hydrogen-bond acceptors (Lipinski definition) is 8. The molecule has 230 valence electrons. The quantitative estimate of drug-likeness (QED) is 0.208. The fourth-order valence-corrected chi connectivity index (χ4v) is 5.56. The number of benzene rings is 3. The number of fused-ring (bicyclic) bond motifs is 2. The zero-order valence-electron chi connectivity index (χ0n) is 25.6. The van der Waals surface area contributed by atoms with Crippen LogP contribution in [0.2, 0.25) is 0 Å². The summed E-state index contributed by atoms with van der Waals surface area (Å²) in [6.45, 7) is 7.64. The molecule has 3 aromatic carbocycles. The number of phenols is 1. The lowest BCUT2D eigenvalue weighted by Gasteiger charge is -2.28. The molecule has 5 aromatic rings. The number of ketones is 1. The molecule has 2 aromatic heterocycles. The average molecular weight is 610 g/mol. The number of aromatic hydroxyl groups is 1. The van der Waals surface area contributed by atoms with E-state index in [9.17, 15) is 19.1 Å². The molecule has 1 N–H and O–H groups in total. The number of aromatic nitrogens is 3. The maximum atomic E-state index is 13.7. The van der Waals surface area contributed by atoms with Crippen LogP contribution in [0.15, 0.2) is 66.7 Å². The van der Waals surface area contributed by atoms with Gasteiger partial charge in [0.15, 0.2) is 17.5 Å². The third-order valence-corrected chi connectivity index (χ3v) is 7.55. The minimum Gasteiger partial charge on any atom is -0.507 e. The van der Waals surface area contributed by atoms with Crippen LogP contribution in [0.1, 0.15) is 54.9 Å². The van der Waals surface area contributed by atoms with Gasteiger partial charge in [0.1, 0.15) is 17.3 Å². The van der Waals surface area contributed by atoms with Gasteiger partial charge in [0.25, 0.3) is 0 Å². The molecule has 1 unspecified atom stereocenters. The second-order valence-electron chi connectivity index (χ2n) is 11.9. The van der Waals surface area contributed by atoms with Crippen molar-refractivity contribution in [2.75, 3.05) is 13.7 Å². The molecule has 1 aliphatic rings. The highest BCUT2D eigenvalue weighted by atomic mass is 19.1. The van der Waals surface area contributed by atoms with E-state index >= 15 is 0 Å². The van der Waals surface area contributed by atoms with Crippen LogP contribution in [0.4, 0.5) is 4.39 Å². The van der Waals surface area contributed by atoms with Gasteiger partial charge in [-0.15, -0.1) is 0 Å². The van der Waals surface area contributed by atoms with Gasteiger partial charge < -0.3 is 19.3 Å². The number of carbonyl (C=O) groups excluding carboxylic acids is 2. The predicted octanol–water partition coefficient (Wildman–Crippen LogP) is 6.88. The van der Waals surface area contributed by atoms with Crippen molar-refractivity contribution in [1.82, 2.24) is 14.6 Å². The van der Waals surface area contributed by atoms with Crippen molar-refractivity contribution in [3.05, 3.63) is 89.4 Å². The van der Waals surface area contributed by atoms with Gasteiger partial charge in [-0.05, 0) is 69.7 Å². The van der Waals surface area contributed by atoms with Crippen molar-refractivity contribution in [3.8, 4) is 45.1 Å². The summed E-state index contributed by atoms with van der Waals surface area (Å²) in [4.78, 5) is 31.0. The number of halogens is 1. The first-order chi connectivity index (χ1) is 21.4. The maximum Gasteiger partial charge on any atom is 0.339 e. The first kappa shape index (κ1) is 30.0. The molecule has 9 nitrogen and oxygen atoms in total. The number of phenolic OH excluding ortho intramolecular Hbond substituents is 1. The van der Waals surface area contributed by atoms with Crippen LogP contribution < -0.4 is 4.74 Å². The topological polar surface area (TPSA) is 112 Å². The Morgan fingerprint density at radius 1 is 1.02 bits per heavy atom. The van der Waals surface area contributed by atoms with E-state index in [4.69, 9.17) is 24.3 Å². The summed E-state index contributed by atoms with van der Waals surface area (Å²) in [6, 6.07) is 18.4. The van der Waals surface area contributed by atoms with Crippen molar-refractivity contribution in [3.63, 3.8) is 0 Å². The van der Waals surface area contributed by atoms with Crippen molar-refractivity contribution >= 4 is 17.4 Å². The zero-order chi connectivity index (χ0) is 32.0. The van der Waals surface area contributed by atoms with E-state index in [1.807, 2.05) is 57.2 Å². The molecular formula is C35H32FN3O6. The van der Waals surface area contributed by atoms with Gasteiger partial charge >= 0.3 is 5.97 Å². The smallest absolute Gasteiger partial charge is 0.339 e. The summed E-state index contributed by atoms with van der Waals surface area (Å²) in [7, 11) is 1.30. The van der Waals surface area contributed by atoms with Crippen LogP contribution in [0.3, 0.4) is 0 Å². The molecule has 0 radical (unpaired) electrons. The van der Waals surface area contributed by atoms with E-state index in [-0.39, 0.29) is 18.0 Å². The van der Waals surface area contributed by atoms with E-state index < -0.39 is 23.5 Å². The number of esters is 1. The number of rotatable bonds is 6. The van der Waals surface area contributed by atoms with Gasteiger partial charge in [0, 0.05) is 46.5 Å². The molecule has 0 spiro atoms. The van der Waals surface area contributed by atoms with Crippen LogP contribution >= 0.6 is 0 Å². The summed E-state index contributed by atoms with van der Waals surface area (Å²) in [5.41, 5.74) is 4.74. The fourth-order valence-electron chi connectivity index (χ4n) is 5.56. The lowest BCUT2D eigenvalue weighted by atomic mass is 9.95. The van der Waals surface area contributed by atoms with E-state index in [1.54, 1.807) is 23.6 Å². The monoisotopic (exact) mass is 609 g/mol. The molecule has 0 fully saturated rings. The van der Waals surface area contributed by atoms with Gasteiger partial charge in [-0.2, -0.15) is 5.10 Å². The number of Topliss-reactive ketones (excluding diaryl/α,β-unsaturated/α-hetero) is 1. The molecule has 3 heterocycles. The Labute approximate surface area is 259 Å². The van der Waals surface area contributed by atoms with Crippen LogP contribution in [0.5, 0.6) is 11.5 Å². The van der Waals surface area contributed by atoms with E-state index in [2.05, 4.69) is 0 Å². The molecule has 1 atom stereocenters. The normalized spacial score (nSPS) is 13.8. The van der Waals surface area contributed by atoms with E-state index in [1.165, 1.54) is 19.2 Å². The minimum atomic E-state index is -1.15. The first-order valence-corrected chi connectivity index (χ1v) is 14.5. The van der Waals surface area contributed by atoms with Crippen molar-refractivity contribution in [2.45, 2.75) is 45.8 Å². The van der Waals surface area contributed by atoms with Crippen molar-refractivity contribution in [2.24, 2.45) is 0 Å². The lowest BCUT2D eigenvalue weighted by Crippen LogP contribution is -2.30. The Morgan fingerprint density at radius 3 is 2.53 bits per heavy atom. The van der Waals surface area contributed by atoms with Crippen LogP contribution in [-0.4, -0.2) is 50.8 Å². The second kappa shape index (κ2) is 11.4. The highest BCUT2D eigenvalue weighted by Crippen LogP contribution is 2.39. The molecule has 0 amide bonds. The van der Waals surface area contributed by atoms with Gasteiger partial charge in [0.2, 0.25) is 0 Å². The Bertz CT molecular complexity index is 1980. The molecule has 6 rings (SSSR count). The largest absolute Gasteiger partial charge is 0.507 e. The predicted molar refractivity (Wildman–Crippen MR) is 166 cm³/mol. The van der Waals surface area contributed by atoms with Crippen LogP contribution in [-0.2, 0) is 14.3 Å². The third-order valence-electron chi connectivity index (χ3n) is 7.55. The molecule has 10 heteroatoms. The number of nitrogens with zero attached hydrogens (tertiary/aromatic N) is 3. The van der Waals surface area contributed by atoms with Crippen LogP contribution in [0.25, 0.3) is 39.3 Å². The average Bonchev–Trinajstić information content (AvgIpc) is 3.42.